The third kappa shape index (κ3) is 10.6. The molecule has 0 radical (unpaired) electrons. The van der Waals surface area contributed by atoms with Gasteiger partial charge in [-0.05, 0) is 0 Å². The van der Waals surface area contributed by atoms with Gasteiger partial charge in [-0.15, -0.1) is 14.0 Å². The number of amides is 3. The highest BCUT2D eigenvalue weighted by Gasteiger charge is 2.56. The molecule has 0 aromatic rings. The van der Waals surface area contributed by atoms with E-state index in [1.54, 1.807) is 0 Å². The van der Waals surface area contributed by atoms with Crippen molar-refractivity contribution in [1.29, 1.82) is 0 Å². The summed E-state index contributed by atoms with van der Waals surface area (Å²) in [4.78, 5) is 63.4. The first-order chi connectivity index (χ1) is 27.1. The van der Waals surface area contributed by atoms with Crippen LogP contribution in [0.25, 0.3) is 0 Å². The molecule has 6 fully saturated rings. The molecule has 0 aromatic carbocycles. The smallest absolute Gasteiger partial charge is 0.394 e. The highest BCUT2D eigenvalue weighted by Crippen LogP contribution is 2.53. The van der Waals surface area contributed by atoms with E-state index in [-0.39, 0.29) is 6.61 Å². The van der Waals surface area contributed by atoms with Gasteiger partial charge >= 0.3 is 18.2 Å². The highest BCUT2D eigenvalue weighted by atomic mass is 32.3. The molecule has 0 spiro atoms. The van der Waals surface area contributed by atoms with Crippen LogP contribution >= 0.6 is 7.82 Å². The maximum Gasteiger partial charge on any atom is 0.556 e. The Labute approximate surface area is 323 Å². The lowest BCUT2D eigenvalue weighted by Gasteiger charge is -2.46. The summed E-state index contributed by atoms with van der Waals surface area (Å²) in [6.45, 7) is -0.242. The number of hydrogen-bond donors (Lipinski definition) is 6. The van der Waals surface area contributed by atoms with Crippen molar-refractivity contribution in [1.82, 2.24) is 16.0 Å². The lowest BCUT2D eigenvalue weighted by molar-refractivity contribution is -0.349. The van der Waals surface area contributed by atoms with E-state index in [1.165, 1.54) is 6.92 Å². The summed E-state index contributed by atoms with van der Waals surface area (Å²) < 4.78 is 93.7. The SMILES string of the molecule is CC(=O)NC1[C@H](O)OC(CO)[C@@H]2COC[C@@H]3OC4COOP5(=O)OO[C@@H]6C(NC(C)=O)[C@H](COC[C@@H]4[C@H](OOS(=O)(=O)OO[C@H]12)C3NC(C)=O)OC(CO)[C@@H]6OO5. The van der Waals surface area contributed by atoms with Crippen LogP contribution in [0.1, 0.15) is 20.8 Å². The standard InChI is InChI=1S/C28H44N3O24PS/c1-11(34)29-21-19-8-41-6-14-16(4-32)46-28(37)23(31-13(3)36)25(14)50-55-57(39,40)54-49-24(21)15-7-42-9-20-22(30-12(2)35)27-26(17(5-33)44-20)47-52-56(38,53-48-27)51-43-10-18(15)45-19/h14-28,32-33,37H,4-10H2,1-3H3,(H,29,34)(H,30,35)(H,31,36)/t14-,15-,16?,17?,18?,19-,20-,21?,22?,23?,24-,25-,26-,27+,28+,56?/m0/s1. The summed E-state index contributed by atoms with van der Waals surface area (Å²) in [7, 11) is -10.2. The van der Waals surface area contributed by atoms with Gasteiger partial charge in [-0.2, -0.15) is 8.42 Å². The Balaban J connectivity index is 1.33. The van der Waals surface area contributed by atoms with Crippen LogP contribution < -0.4 is 16.0 Å². The molecule has 0 aromatic heterocycles. The molecule has 27 nitrogen and oxygen atoms in total. The summed E-state index contributed by atoms with van der Waals surface area (Å²) in [5, 5.41) is 38.4. The van der Waals surface area contributed by atoms with Crippen LogP contribution in [-0.4, -0.2) is 167 Å². The van der Waals surface area contributed by atoms with E-state index in [0.717, 1.165) is 13.8 Å². The number of carbonyl (C=O) groups is 3. The number of nitrogens with one attached hydrogen (secondary N) is 3. The fraction of sp³-hybridized carbons (Fsp3) is 0.893. The van der Waals surface area contributed by atoms with Gasteiger partial charge < -0.3 is 55.0 Å². The molecule has 0 aliphatic carbocycles. The minimum Gasteiger partial charge on any atom is -0.394 e. The Morgan fingerprint density at radius 3 is 1.74 bits per heavy atom. The van der Waals surface area contributed by atoms with Gasteiger partial charge in [0.1, 0.15) is 49.3 Å². The van der Waals surface area contributed by atoms with Crippen molar-refractivity contribution in [2.24, 2.45) is 11.8 Å². The number of rotatable bonds is 5. The molecule has 6 aliphatic rings. The first kappa shape index (κ1) is 44.4. The Kier molecular flexibility index (Phi) is 14.9. The van der Waals surface area contributed by atoms with Crippen LogP contribution in [0, 0.1) is 11.8 Å². The van der Waals surface area contributed by atoms with Crippen molar-refractivity contribution in [3.05, 3.63) is 0 Å². The van der Waals surface area contributed by atoms with Gasteiger partial charge in [-0.3, -0.25) is 14.4 Å². The normalized spacial score (nSPS) is 44.2. The Hall–Kier alpha value is -2.13. The van der Waals surface area contributed by atoms with Gasteiger partial charge in [-0.1, -0.05) is 8.67 Å². The molecule has 7 unspecified atom stereocenters. The second-order valence-corrected chi connectivity index (χ2v) is 16.1. The van der Waals surface area contributed by atoms with E-state index in [2.05, 4.69) is 20.3 Å². The zero-order valence-electron chi connectivity index (χ0n) is 30.4. The van der Waals surface area contributed by atoms with Gasteiger partial charge in [0.05, 0.1) is 63.9 Å². The third-order valence-electron chi connectivity index (χ3n) is 9.66. The molecule has 326 valence electrons. The maximum atomic E-state index is 13.4. The van der Waals surface area contributed by atoms with Crippen molar-refractivity contribution in [3.8, 4) is 0 Å². The molecular formula is C28H44N3O24PS. The molecular weight excluding hydrogens is 825 g/mol. The molecule has 6 N–H and O–H groups in total. The summed E-state index contributed by atoms with van der Waals surface area (Å²) in [5.74, 6) is -4.21. The van der Waals surface area contributed by atoms with Gasteiger partial charge in [0.25, 0.3) is 0 Å². The topological polar surface area (TPSA) is 338 Å². The number of hydrogen-bond acceptors (Lipinski definition) is 24. The largest absolute Gasteiger partial charge is 0.556 e. The number of phosphoric acid groups is 1. The zero-order valence-corrected chi connectivity index (χ0v) is 32.1. The van der Waals surface area contributed by atoms with Gasteiger partial charge in [0, 0.05) is 32.6 Å². The fourth-order valence-corrected chi connectivity index (χ4v) is 8.31. The summed E-state index contributed by atoms with van der Waals surface area (Å²) in [6.07, 6.45) is -13.7. The molecule has 0 saturated carbocycles. The number of aliphatic hydroxyl groups excluding tert-OH is 3. The fourth-order valence-electron chi connectivity index (χ4n) is 7.24. The molecule has 5 bridgehead atoms. The van der Waals surface area contributed by atoms with Crippen molar-refractivity contribution in [3.63, 3.8) is 0 Å². The molecule has 29 heteroatoms. The molecule has 6 aliphatic heterocycles. The first-order valence-corrected chi connectivity index (χ1v) is 20.3. The molecule has 16 atom stereocenters. The predicted molar refractivity (Wildman–Crippen MR) is 171 cm³/mol. The van der Waals surface area contributed by atoms with E-state index >= 15 is 0 Å². The zero-order chi connectivity index (χ0) is 41.1. The van der Waals surface area contributed by atoms with Crippen LogP contribution in [0.3, 0.4) is 0 Å². The maximum absolute atomic E-state index is 13.4. The van der Waals surface area contributed by atoms with E-state index in [4.69, 9.17) is 66.5 Å². The lowest BCUT2D eigenvalue weighted by Crippen LogP contribution is -2.66. The van der Waals surface area contributed by atoms with Crippen molar-refractivity contribution in [2.75, 3.05) is 46.2 Å². The summed E-state index contributed by atoms with van der Waals surface area (Å²) >= 11 is 0. The van der Waals surface area contributed by atoms with E-state index in [0.29, 0.717) is 0 Å². The van der Waals surface area contributed by atoms with Crippen LogP contribution in [0.15, 0.2) is 0 Å². The Bertz CT molecular complexity index is 1580. The summed E-state index contributed by atoms with van der Waals surface area (Å²) in [5.41, 5.74) is 0. The number of carbonyl (C=O) groups excluding carboxylic acids is 3. The molecule has 57 heavy (non-hydrogen) atoms. The van der Waals surface area contributed by atoms with Crippen LogP contribution in [0.4, 0.5) is 0 Å². The lowest BCUT2D eigenvalue weighted by atomic mass is 9.85. The number of aliphatic hydroxyl groups is 3. The average molecular weight is 870 g/mol. The Morgan fingerprint density at radius 1 is 0.614 bits per heavy atom. The second kappa shape index (κ2) is 19.1. The minimum absolute atomic E-state index is 0.370. The summed E-state index contributed by atoms with van der Waals surface area (Å²) in [6, 6.07) is -3.90. The number of ether oxygens (including phenoxy) is 5. The van der Waals surface area contributed by atoms with E-state index in [9.17, 15) is 42.7 Å². The van der Waals surface area contributed by atoms with Gasteiger partial charge in [0.2, 0.25) is 17.7 Å². The average Bonchev–Trinajstić information content (AvgIpc) is 3.31. The van der Waals surface area contributed by atoms with E-state index in [1.807, 2.05) is 0 Å². The van der Waals surface area contributed by atoms with Crippen LogP contribution in [0.2, 0.25) is 0 Å². The minimum atomic E-state index is -5.31. The molecule has 6 heterocycles. The first-order valence-electron chi connectivity index (χ1n) is 17.5. The predicted octanol–water partition coefficient (Wildman–Crippen LogP) is -4.39. The third-order valence-corrected chi connectivity index (χ3v) is 11.0. The molecule has 6 saturated heterocycles. The van der Waals surface area contributed by atoms with Crippen molar-refractivity contribution in [2.45, 2.75) is 100 Å². The van der Waals surface area contributed by atoms with Crippen molar-refractivity contribution < 1.29 is 113 Å². The monoisotopic (exact) mass is 869 g/mol. The highest BCUT2D eigenvalue weighted by molar-refractivity contribution is 7.81. The molecule has 3 amide bonds. The van der Waals surface area contributed by atoms with Crippen LogP contribution in [0.5, 0.6) is 0 Å². The van der Waals surface area contributed by atoms with Gasteiger partial charge in [0.15, 0.2) is 12.4 Å². The number of fused-ring (bicyclic) bond motifs is 8. The quantitative estimate of drug-likeness (QED) is 0.112. The molecule has 6 rings (SSSR count). The van der Waals surface area contributed by atoms with Crippen molar-refractivity contribution >= 4 is 35.9 Å². The second-order valence-electron chi connectivity index (χ2n) is 13.7. The van der Waals surface area contributed by atoms with Crippen LogP contribution in [-0.2, 0) is 100 Å². The Morgan fingerprint density at radius 2 is 1.14 bits per heavy atom. The van der Waals surface area contributed by atoms with E-state index < -0.39 is 167 Å². The van der Waals surface area contributed by atoms with Gasteiger partial charge in [-0.25, -0.2) is 29.0 Å².